The minimum atomic E-state index is 0.560. The molecule has 0 amide bonds. The van der Waals surface area contributed by atoms with Crippen LogP contribution in [0.5, 0.6) is 0 Å². The van der Waals surface area contributed by atoms with E-state index in [1.807, 2.05) is 89.4 Å². The summed E-state index contributed by atoms with van der Waals surface area (Å²) in [7, 11) is 0. The maximum atomic E-state index is 7.07. The number of rotatable bonds is 5. The molecule has 0 aliphatic carbocycles. The van der Waals surface area contributed by atoms with Crippen molar-refractivity contribution in [3.63, 3.8) is 0 Å². The first-order chi connectivity index (χ1) is 31.7. The topological polar surface area (TPSA) is 56.7 Å². The quantitative estimate of drug-likeness (QED) is 0.173. The number of thiophene rings is 2. The van der Waals surface area contributed by atoms with E-state index in [0.717, 1.165) is 55.3 Å². The van der Waals surface area contributed by atoms with Crippen molar-refractivity contribution in [3.8, 4) is 51.0 Å². The molecule has 5 heterocycles. The van der Waals surface area contributed by atoms with Gasteiger partial charge in [-0.1, -0.05) is 133 Å². The maximum Gasteiger partial charge on any atom is 0.167 e. The summed E-state index contributed by atoms with van der Waals surface area (Å²) < 4.78 is 14.7. The third-order valence-corrected chi connectivity index (χ3v) is 14.9. The van der Waals surface area contributed by atoms with Gasteiger partial charge < -0.3 is 8.98 Å². The molecule has 5 aromatic heterocycles. The highest BCUT2D eigenvalue weighted by atomic mass is 32.1. The van der Waals surface area contributed by atoms with Crippen LogP contribution in [0.4, 0.5) is 0 Å². The highest BCUT2D eigenvalue weighted by Gasteiger charge is 2.22. The third kappa shape index (κ3) is 5.38. The van der Waals surface area contributed by atoms with Crippen LogP contribution in [0.3, 0.4) is 0 Å². The van der Waals surface area contributed by atoms with Crippen LogP contribution in [0.15, 0.2) is 199 Å². The van der Waals surface area contributed by atoms with E-state index >= 15 is 0 Å². The van der Waals surface area contributed by atoms with Crippen molar-refractivity contribution in [3.05, 3.63) is 194 Å². The van der Waals surface area contributed by atoms with Crippen molar-refractivity contribution >= 4 is 107 Å². The van der Waals surface area contributed by atoms with Crippen molar-refractivity contribution in [2.45, 2.75) is 0 Å². The van der Waals surface area contributed by atoms with E-state index in [1.165, 1.54) is 62.2 Å². The average molecular weight is 853 g/mol. The lowest BCUT2D eigenvalue weighted by atomic mass is 10.0. The molecule has 0 saturated heterocycles. The van der Waals surface area contributed by atoms with E-state index in [-0.39, 0.29) is 0 Å². The molecule has 0 fully saturated rings. The van der Waals surface area contributed by atoms with Gasteiger partial charge in [-0.15, -0.1) is 22.7 Å². The second-order valence-electron chi connectivity index (χ2n) is 16.3. The third-order valence-electron chi connectivity index (χ3n) is 12.7. The van der Waals surface area contributed by atoms with Crippen LogP contribution in [0.2, 0.25) is 0 Å². The van der Waals surface area contributed by atoms with Gasteiger partial charge in [-0.25, -0.2) is 15.0 Å². The number of hydrogen-bond acceptors (Lipinski definition) is 6. The SMILES string of the molecule is c1ccc(-c2nc(-c3ccccc3)nc(-c3cccc4c3oc3c(-n5c6ccccc6c6cc(-c7ccc8sc9cc%10c(cc9c8c7)sc7ccccc7%10)ccc65)cccc34)n2)cc1. The molecular weight excluding hydrogens is 821 g/mol. The predicted molar refractivity (Wildman–Crippen MR) is 269 cm³/mol. The highest BCUT2D eigenvalue weighted by Crippen LogP contribution is 2.45. The molecule has 7 heteroatoms. The highest BCUT2D eigenvalue weighted by molar-refractivity contribution is 7.27. The lowest BCUT2D eigenvalue weighted by molar-refractivity contribution is 0.667. The van der Waals surface area contributed by atoms with Crippen molar-refractivity contribution in [1.82, 2.24) is 19.5 Å². The number of hydrogen-bond donors (Lipinski definition) is 0. The van der Waals surface area contributed by atoms with Crippen molar-refractivity contribution in [2.75, 3.05) is 0 Å². The van der Waals surface area contributed by atoms with E-state index in [1.54, 1.807) is 0 Å². The number of benzene rings is 9. The number of furan rings is 1. The summed E-state index contributed by atoms with van der Waals surface area (Å²) in [5.41, 5.74) is 9.80. The van der Waals surface area contributed by atoms with Gasteiger partial charge in [0.2, 0.25) is 0 Å². The fourth-order valence-corrected chi connectivity index (χ4v) is 11.9. The molecule has 0 N–H and O–H groups in total. The Balaban J connectivity index is 0.926. The molecule has 64 heavy (non-hydrogen) atoms. The molecule has 5 nitrogen and oxygen atoms in total. The molecule has 14 aromatic rings. The van der Waals surface area contributed by atoms with Crippen LogP contribution in [0.1, 0.15) is 0 Å². The minimum Gasteiger partial charge on any atom is -0.453 e. The van der Waals surface area contributed by atoms with E-state index in [4.69, 9.17) is 19.4 Å². The Morgan fingerprint density at radius 1 is 0.328 bits per heavy atom. The van der Waals surface area contributed by atoms with Crippen molar-refractivity contribution in [1.29, 1.82) is 0 Å². The van der Waals surface area contributed by atoms with E-state index in [9.17, 15) is 0 Å². The Morgan fingerprint density at radius 3 is 1.61 bits per heavy atom. The Bertz CT molecular complexity index is 4140. The summed E-state index contributed by atoms with van der Waals surface area (Å²) in [5.74, 6) is 1.78. The number of aromatic nitrogens is 4. The first-order valence-corrected chi connectivity index (χ1v) is 23.0. The molecule has 0 unspecified atom stereocenters. The van der Waals surface area contributed by atoms with E-state index in [2.05, 4.69) is 132 Å². The fourth-order valence-electron chi connectivity index (χ4n) is 9.67. The molecule has 0 radical (unpaired) electrons. The minimum absolute atomic E-state index is 0.560. The van der Waals surface area contributed by atoms with Gasteiger partial charge in [0, 0.05) is 73.0 Å². The van der Waals surface area contributed by atoms with E-state index < -0.39 is 0 Å². The van der Waals surface area contributed by atoms with Crippen LogP contribution in [-0.4, -0.2) is 19.5 Å². The molecule has 0 bridgehead atoms. The standard InChI is InChI=1S/C57H32N4OS2/c1-3-13-33(14-4-1)55-58-56(34-15-5-2-6-16-34)60-57(59-55)41-21-11-19-39-40-20-12-23-48(54(40)62-53(39)41)61-46-22-9-7-17-37(46)42-29-35(25-27-47(42)61)36-26-28-50-43(30-36)45-32-51-44(31-52(45)64-50)38-18-8-10-24-49(38)63-51/h1-32H. The summed E-state index contributed by atoms with van der Waals surface area (Å²) in [6.45, 7) is 0. The van der Waals surface area contributed by atoms with Crippen LogP contribution in [-0.2, 0) is 0 Å². The van der Waals surface area contributed by atoms with Crippen LogP contribution < -0.4 is 0 Å². The molecule has 0 saturated carbocycles. The summed E-state index contributed by atoms with van der Waals surface area (Å²) in [6, 6.07) is 68.9. The molecule has 298 valence electrons. The van der Waals surface area contributed by atoms with Gasteiger partial charge in [0.25, 0.3) is 0 Å². The zero-order chi connectivity index (χ0) is 41.9. The summed E-state index contributed by atoms with van der Waals surface area (Å²) >= 11 is 3.76. The predicted octanol–water partition coefficient (Wildman–Crippen LogP) is 16.3. The monoisotopic (exact) mass is 852 g/mol. The van der Waals surface area contributed by atoms with Crippen LogP contribution >= 0.6 is 22.7 Å². The molecular formula is C57H32N4OS2. The second kappa shape index (κ2) is 13.8. The lowest BCUT2D eigenvalue weighted by Gasteiger charge is -2.09. The first-order valence-electron chi connectivity index (χ1n) is 21.3. The van der Waals surface area contributed by atoms with Gasteiger partial charge in [0.15, 0.2) is 23.1 Å². The van der Waals surface area contributed by atoms with Crippen molar-refractivity contribution < 1.29 is 4.42 Å². The van der Waals surface area contributed by atoms with Crippen LogP contribution in [0.25, 0.3) is 135 Å². The summed E-state index contributed by atoms with van der Waals surface area (Å²) in [5, 5.41) is 9.73. The van der Waals surface area contributed by atoms with Gasteiger partial charge in [-0.3, -0.25) is 0 Å². The Kier molecular flexibility index (Phi) is 7.66. The molecule has 0 aliphatic heterocycles. The largest absolute Gasteiger partial charge is 0.453 e. The Hall–Kier alpha value is -7.97. The molecule has 0 atom stereocenters. The number of fused-ring (bicyclic) bond motifs is 12. The van der Waals surface area contributed by atoms with Gasteiger partial charge in [-0.2, -0.15) is 0 Å². The van der Waals surface area contributed by atoms with E-state index in [0.29, 0.717) is 17.5 Å². The molecule has 14 rings (SSSR count). The van der Waals surface area contributed by atoms with Crippen molar-refractivity contribution in [2.24, 2.45) is 0 Å². The smallest absolute Gasteiger partial charge is 0.167 e. The first kappa shape index (κ1) is 35.6. The second-order valence-corrected chi connectivity index (χ2v) is 18.5. The van der Waals surface area contributed by atoms with Gasteiger partial charge >= 0.3 is 0 Å². The molecule has 0 spiro atoms. The lowest BCUT2D eigenvalue weighted by Crippen LogP contribution is -2.00. The Morgan fingerprint density at radius 2 is 0.859 bits per heavy atom. The maximum absolute atomic E-state index is 7.07. The zero-order valence-corrected chi connectivity index (χ0v) is 35.6. The zero-order valence-electron chi connectivity index (χ0n) is 34.0. The van der Waals surface area contributed by atoms with Gasteiger partial charge in [-0.05, 0) is 71.8 Å². The molecule has 9 aromatic carbocycles. The van der Waals surface area contributed by atoms with Crippen LogP contribution in [0, 0.1) is 0 Å². The average Bonchev–Trinajstić information content (AvgIpc) is 4.12. The number of para-hydroxylation sites is 3. The number of nitrogens with zero attached hydrogens (tertiary/aromatic N) is 4. The van der Waals surface area contributed by atoms with Gasteiger partial charge in [0.1, 0.15) is 5.58 Å². The van der Waals surface area contributed by atoms with Gasteiger partial charge in [0.05, 0.1) is 22.3 Å². The normalized spacial score (nSPS) is 12.1. The Labute approximate surface area is 373 Å². The summed E-state index contributed by atoms with van der Waals surface area (Å²) in [4.78, 5) is 15.1. The summed E-state index contributed by atoms with van der Waals surface area (Å²) in [6.07, 6.45) is 0. The molecule has 0 aliphatic rings. The fraction of sp³-hybridized carbons (Fsp3) is 0.